The first-order valence-electron chi connectivity index (χ1n) is 10.3. The zero-order valence-electron chi connectivity index (χ0n) is 17.6. The topological polar surface area (TPSA) is 69.0 Å². The maximum Gasteiger partial charge on any atom is 0.223 e. The summed E-state index contributed by atoms with van der Waals surface area (Å²) in [7, 11) is 1.66. The molecule has 0 radical (unpaired) electrons. The fraction of sp³-hybridized carbons (Fsp3) is 0.348. The number of ether oxygens (including phenoxy) is 1. The fourth-order valence-electron chi connectivity index (χ4n) is 3.46. The highest BCUT2D eigenvalue weighted by Crippen LogP contribution is 2.30. The minimum atomic E-state index is 0.0919. The number of methoxy groups -OCH3 is 1. The second-order valence-electron chi connectivity index (χ2n) is 7.65. The van der Waals surface area contributed by atoms with Crippen molar-refractivity contribution in [3.63, 3.8) is 0 Å². The Morgan fingerprint density at radius 2 is 2.10 bits per heavy atom. The maximum absolute atomic E-state index is 12.3. The lowest BCUT2D eigenvalue weighted by Gasteiger charge is -2.24. The van der Waals surface area contributed by atoms with E-state index in [0.29, 0.717) is 23.1 Å². The molecule has 6 nitrogen and oxygen atoms in total. The normalized spacial score (nSPS) is 13.6. The van der Waals surface area contributed by atoms with Crippen molar-refractivity contribution in [2.24, 2.45) is 5.92 Å². The third-order valence-corrected chi connectivity index (χ3v) is 6.75. The largest absolute Gasteiger partial charge is 0.497 e. The first-order chi connectivity index (χ1) is 15.0. The highest BCUT2D eigenvalue weighted by molar-refractivity contribution is 7.98. The van der Waals surface area contributed by atoms with Gasteiger partial charge in [-0.3, -0.25) is 9.36 Å². The van der Waals surface area contributed by atoms with Gasteiger partial charge in [0.2, 0.25) is 5.91 Å². The summed E-state index contributed by atoms with van der Waals surface area (Å²) in [6.07, 6.45) is 3.06. The van der Waals surface area contributed by atoms with Crippen LogP contribution in [0.25, 0.3) is 5.69 Å². The number of nitrogens with one attached hydrogen (secondary N) is 1. The molecule has 1 aromatic heterocycles. The molecule has 8 heteroatoms. The van der Waals surface area contributed by atoms with Crippen LogP contribution < -0.4 is 10.1 Å². The smallest absolute Gasteiger partial charge is 0.223 e. The van der Waals surface area contributed by atoms with Gasteiger partial charge in [-0.25, -0.2) is 0 Å². The van der Waals surface area contributed by atoms with Crippen LogP contribution in [0.2, 0.25) is 5.02 Å². The molecule has 1 aliphatic rings. The Morgan fingerprint density at radius 1 is 1.26 bits per heavy atom. The summed E-state index contributed by atoms with van der Waals surface area (Å²) in [6.45, 7) is 2.35. The number of hydrogen-bond acceptors (Lipinski definition) is 5. The van der Waals surface area contributed by atoms with Gasteiger partial charge in [-0.05, 0) is 55.2 Å². The van der Waals surface area contributed by atoms with Crippen LogP contribution in [0.15, 0.2) is 47.6 Å². The molecule has 0 spiro atoms. The lowest BCUT2D eigenvalue weighted by Crippen LogP contribution is -2.34. The van der Waals surface area contributed by atoms with E-state index < -0.39 is 0 Å². The van der Waals surface area contributed by atoms with E-state index in [1.807, 2.05) is 47.9 Å². The van der Waals surface area contributed by atoms with Gasteiger partial charge in [0.1, 0.15) is 5.75 Å². The van der Waals surface area contributed by atoms with E-state index in [-0.39, 0.29) is 11.8 Å². The lowest BCUT2D eigenvalue weighted by atomic mass is 9.85. The zero-order valence-corrected chi connectivity index (χ0v) is 19.2. The molecule has 2 aromatic carbocycles. The monoisotopic (exact) mass is 456 g/mol. The van der Waals surface area contributed by atoms with E-state index in [1.54, 1.807) is 18.9 Å². The molecule has 1 aliphatic carbocycles. The van der Waals surface area contributed by atoms with Crippen molar-refractivity contribution in [1.29, 1.82) is 0 Å². The van der Waals surface area contributed by atoms with E-state index in [1.165, 1.54) is 0 Å². The van der Waals surface area contributed by atoms with Crippen molar-refractivity contribution in [2.75, 3.05) is 7.11 Å². The van der Waals surface area contributed by atoms with Gasteiger partial charge in [0.15, 0.2) is 11.0 Å². The van der Waals surface area contributed by atoms with E-state index >= 15 is 0 Å². The highest BCUT2D eigenvalue weighted by atomic mass is 35.5. The standard InChI is InChI=1S/C23H25ClN4O2S/c1-15-9-10-18(24)12-20(15)28-21(13-25-22(29)17-6-4-7-17)26-27-23(28)31-14-16-5-3-8-19(11-16)30-2/h3,5,8-12,17H,4,6-7,13-14H2,1-2H3,(H,25,29). The van der Waals surface area contributed by atoms with Gasteiger partial charge in [0.05, 0.1) is 19.3 Å². The Hall–Kier alpha value is -2.51. The fourth-order valence-corrected chi connectivity index (χ4v) is 4.54. The van der Waals surface area contributed by atoms with Crippen molar-refractivity contribution >= 4 is 29.3 Å². The molecule has 0 aliphatic heterocycles. The molecule has 0 unspecified atom stereocenters. The van der Waals surface area contributed by atoms with Crippen molar-refractivity contribution < 1.29 is 9.53 Å². The second-order valence-corrected chi connectivity index (χ2v) is 9.03. The second kappa shape index (κ2) is 9.75. The van der Waals surface area contributed by atoms with Gasteiger partial charge in [0.25, 0.3) is 0 Å². The van der Waals surface area contributed by atoms with Crippen LogP contribution in [0, 0.1) is 12.8 Å². The van der Waals surface area contributed by atoms with Crippen molar-refractivity contribution in [3.8, 4) is 11.4 Å². The number of carbonyl (C=O) groups excluding carboxylic acids is 1. The molecule has 1 N–H and O–H groups in total. The van der Waals surface area contributed by atoms with E-state index in [0.717, 1.165) is 47.0 Å². The predicted molar refractivity (Wildman–Crippen MR) is 123 cm³/mol. The molecule has 1 fully saturated rings. The van der Waals surface area contributed by atoms with Crippen LogP contribution >= 0.6 is 23.4 Å². The number of rotatable bonds is 8. The average molecular weight is 457 g/mol. The Bertz CT molecular complexity index is 1080. The number of hydrogen-bond donors (Lipinski definition) is 1. The molecule has 162 valence electrons. The predicted octanol–water partition coefficient (Wildman–Crippen LogP) is 4.95. The number of benzene rings is 2. The van der Waals surface area contributed by atoms with Crippen LogP contribution in [0.3, 0.4) is 0 Å². The Kier molecular flexibility index (Phi) is 6.83. The van der Waals surface area contributed by atoms with Gasteiger partial charge < -0.3 is 10.1 Å². The highest BCUT2D eigenvalue weighted by Gasteiger charge is 2.25. The Morgan fingerprint density at radius 3 is 2.84 bits per heavy atom. The SMILES string of the molecule is COc1cccc(CSc2nnc(CNC(=O)C3CCC3)n2-c2cc(Cl)ccc2C)c1. The molecule has 1 saturated carbocycles. The molecule has 1 heterocycles. The molecule has 0 saturated heterocycles. The average Bonchev–Trinajstić information content (AvgIpc) is 3.14. The number of nitrogens with zero attached hydrogens (tertiary/aromatic N) is 3. The minimum absolute atomic E-state index is 0.0919. The quantitative estimate of drug-likeness (QED) is 0.486. The summed E-state index contributed by atoms with van der Waals surface area (Å²) in [6, 6.07) is 13.7. The zero-order chi connectivity index (χ0) is 21.8. The van der Waals surface area contributed by atoms with Gasteiger partial charge in [0, 0.05) is 16.7 Å². The van der Waals surface area contributed by atoms with Crippen LogP contribution in [0.5, 0.6) is 5.75 Å². The van der Waals surface area contributed by atoms with Gasteiger partial charge in [-0.2, -0.15) is 0 Å². The molecule has 1 amide bonds. The minimum Gasteiger partial charge on any atom is -0.497 e. The lowest BCUT2D eigenvalue weighted by molar-refractivity contribution is -0.127. The molecular weight excluding hydrogens is 432 g/mol. The number of aryl methyl sites for hydroxylation is 1. The van der Waals surface area contributed by atoms with Crippen LogP contribution in [-0.4, -0.2) is 27.8 Å². The Balaban J connectivity index is 1.60. The summed E-state index contributed by atoms with van der Waals surface area (Å²) in [5, 5.41) is 13.2. The molecule has 0 atom stereocenters. The van der Waals surface area contributed by atoms with Crippen molar-refractivity contribution in [2.45, 2.75) is 43.6 Å². The third-order valence-electron chi connectivity index (χ3n) is 5.51. The number of aromatic nitrogens is 3. The summed E-state index contributed by atoms with van der Waals surface area (Å²) < 4.78 is 7.32. The number of carbonyl (C=O) groups is 1. The summed E-state index contributed by atoms with van der Waals surface area (Å²) in [4.78, 5) is 12.3. The molecule has 3 aromatic rings. The third kappa shape index (κ3) is 5.05. The van der Waals surface area contributed by atoms with Crippen molar-refractivity contribution in [3.05, 3.63) is 64.4 Å². The molecular formula is C23H25ClN4O2S. The summed E-state index contributed by atoms with van der Waals surface area (Å²) >= 11 is 7.88. The van der Waals surface area contributed by atoms with E-state index in [2.05, 4.69) is 21.6 Å². The number of halogens is 1. The first kappa shape index (κ1) is 21.7. The number of thioether (sulfide) groups is 1. The van der Waals surface area contributed by atoms with Crippen molar-refractivity contribution in [1.82, 2.24) is 20.1 Å². The van der Waals surface area contributed by atoms with Crippen LogP contribution in [0.4, 0.5) is 0 Å². The molecule has 4 rings (SSSR count). The summed E-state index contributed by atoms with van der Waals surface area (Å²) in [5.41, 5.74) is 3.10. The number of amides is 1. The molecule has 0 bridgehead atoms. The van der Waals surface area contributed by atoms with Crippen LogP contribution in [0.1, 0.15) is 36.2 Å². The van der Waals surface area contributed by atoms with E-state index in [4.69, 9.17) is 16.3 Å². The van der Waals surface area contributed by atoms with Gasteiger partial charge in [-0.15, -0.1) is 10.2 Å². The maximum atomic E-state index is 12.3. The molecule has 31 heavy (non-hydrogen) atoms. The van der Waals surface area contributed by atoms with Gasteiger partial charge >= 0.3 is 0 Å². The van der Waals surface area contributed by atoms with Gasteiger partial charge in [-0.1, -0.05) is 48.0 Å². The Labute approximate surface area is 191 Å². The summed E-state index contributed by atoms with van der Waals surface area (Å²) in [5.74, 6) is 2.44. The van der Waals surface area contributed by atoms with E-state index in [9.17, 15) is 4.79 Å². The first-order valence-corrected chi connectivity index (χ1v) is 11.7. The van der Waals surface area contributed by atoms with Crippen LogP contribution in [-0.2, 0) is 17.1 Å².